The third-order valence-corrected chi connectivity index (χ3v) is 5.49. The summed E-state index contributed by atoms with van der Waals surface area (Å²) in [5, 5.41) is 0. The van der Waals surface area contributed by atoms with Crippen molar-refractivity contribution >= 4 is 0 Å². The lowest BCUT2D eigenvalue weighted by molar-refractivity contribution is 0.160. The Labute approximate surface area is 129 Å². The molecule has 3 rings (SSSR count). The molecule has 1 atom stereocenters. The highest BCUT2D eigenvalue weighted by Gasteiger charge is 2.30. The lowest BCUT2D eigenvalue weighted by atomic mass is 9.94. The molecule has 2 fully saturated rings. The molecule has 1 aromatic rings. The Morgan fingerprint density at radius 1 is 1.05 bits per heavy atom. The van der Waals surface area contributed by atoms with Gasteiger partial charge in [-0.1, -0.05) is 49.9 Å². The van der Waals surface area contributed by atoms with Gasteiger partial charge in [0.2, 0.25) is 0 Å². The quantitative estimate of drug-likeness (QED) is 0.821. The van der Waals surface area contributed by atoms with E-state index in [0.29, 0.717) is 12.1 Å². The summed E-state index contributed by atoms with van der Waals surface area (Å²) in [7, 11) is 2.30. The summed E-state index contributed by atoms with van der Waals surface area (Å²) < 4.78 is 0. The number of nitrogens with two attached hydrogens (primary N) is 1. The number of nitrogens with zero attached hydrogens (tertiary/aromatic N) is 1. The highest BCUT2D eigenvalue weighted by atomic mass is 15.2. The topological polar surface area (TPSA) is 29.3 Å². The van der Waals surface area contributed by atoms with Crippen LogP contribution in [0.2, 0.25) is 0 Å². The zero-order valence-corrected chi connectivity index (χ0v) is 13.4. The summed E-state index contributed by atoms with van der Waals surface area (Å²) in [6, 6.07) is 10.1. The van der Waals surface area contributed by atoms with Crippen LogP contribution in [0.25, 0.3) is 0 Å². The number of benzene rings is 1. The van der Waals surface area contributed by atoms with Gasteiger partial charge in [0.25, 0.3) is 0 Å². The van der Waals surface area contributed by atoms with Crippen LogP contribution < -0.4 is 5.73 Å². The molecule has 0 saturated heterocycles. The van der Waals surface area contributed by atoms with Crippen LogP contribution in [-0.2, 0) is 0 Å². The van der Waals surface area contributed by atoms with E-state index >= 15 is 0 Å². The summed E-state index contributed by atoms with van der Waals surface area (Å²) >= 11 is 0. The van der Waals surface area contributed by atoms with Gasteiger partial charge in [-0.2, -0.15) is 0 Å². The summed E-state index contributed by atoms with van der Waals surface area (Å²) in [6.45, 7) is 0.733. The maximum Gasteiger partial charge on any atom is 0.0473 e. The molecule has 2 N–H and O–H groups in total. The molecular formula is C19H30N2. The van der Waals surface area contributed by atoms with E-state index in [-0.39, 0.29) is 0 Å². The maximum absolute atomic E-state index is 6.20. The first-order valence-electron chi connectivity index (χ1n) is 8.82. The SMILES string of the molecule is CN(C1CCCCCC1)C(CN)c1ccccc1C1CC1. The minimum atomic E-state index is 0.393. The van der Waals surface area contributed by atoms with Crippen LogP contribution >= 0.6 is 0 Å². The highest BCUT2D eigenvalue weighted by Crippen LogP contribution is 2.43. The van der Waals surface area contributed by atoms with Gasteiger partial charge in [0, 0.05) is 18.6 Å². The monoisotopic (exact) mass is 286 g/mol. The Hall–Kier alpha value is -0.860. The predicted octanol–water partition coefficient (Wildman–Crippen LogP) is 4.22. The molecule has 0 aliphatic heterocycles. The first-order valence-corrected chi connectivity index (χ1v) is 8.82. The molecule has 0 spiro atoms. The Balaban J connectivity index is 1.80. The van der Waals surface area contributed by atoms with Crippen molar-refractivity contribution in [3.63, 3.8) is 0 Å². The predicted molar refractivity (Wildman–Crippen MR) is 89.5 cm³/mol. The van der Waals surface area contributed by atoms with Crippen molar-refractivity contribution in [1.82, 2.24) is 4.90 Å². The number of hydrogen-bond donors (Lipinski definition) is 1. The lowest BCUT2D eigenvalue weighted by Gasteiger charge is -2.35. The molecule has 1 unspecified atom stereocenters. The van der Waals surface area contributed by atoms with E-state index < -0.39 is 0 Å². The molecule has 2 heteroatoms. The van der Waals surface area contributed by atoms with Gasteiger partial charge >= 0.3 is 0 Å². The molecule has 0 bridgehead atoms. The van der Waals surface area contributed by atoms with Crippen molar-refractivity contribution in [2.24, 2.45) is 5.73 Å². The molecule has 21 heavy (non-hydrogen) atoms. The van der Waals surface area contributed by atoms with Crippen LogP contribution in [0.3, 0.4) is 0 Å². The van der Waals surface area contributed by atoms with Crippen molar-refractivity contribution in [2.45, 2.75) is 69.4 Å². The standard InChI is InChI=1S/C19H30N2/c1-21(16-8-4-2-3-5-9-16)19(14-20)18-11-7-6-10-17(18)15-12-13-15/h6-7,10-11,15-16,19H,2-5,8-9,12-14,20H2,1H3. The molecule has 2 aliphatic rings. The number of rotatable bonds is 5. The van der Waals surface area contributed by atoms with E-state index in [1.165, 1.54) is 56.9 Å². The molecule has 2 nitrogen and oxygen atoms in total. The van der Waals surface area contributed by atoms with Gasteiger partial charge in [-0.05, 0) is 49.8 Å². The largest absolute Gasteiger partial charge is 0.329 e. The minimum Gasteiger partial charge on any atom is -0.329 e. The van der Waals surface area contributed by atoms with Gasteiger partial charge < -0.3 is 5.73 Å². The molecule has 0 radical (unpaired) electrons. The highest BCUT2D eigenvalue weighted by molar-refractivity contribution is 5.36. The van der Waals surface area contributed by atoms with E-state index in [0.717, 1.165) is 12.5 Å². The molecule has 2 saturated carbocycles. The van der Waals surface area contributed by atoms with Crippen molar-refractivity contribution in [2.75, 3.05) is 13.6 Å². The second-order valence-corrected chi connectivity index (χ2v) is 6.97. The normalized spacial score (nSPS) is 22.2. The second kappa shape index (κ2) is 6.93. The summed E-state index contributed by atoms with van der Waals surface area (Å²) in [4.78, 5) is 2.59. The van der Waals surface area contributed by atoms with E-state index in [2.05, 4.69) is 36.2 Å². The second-order valence-electron chi connectivity index (χ2n) is 6.97. The first kappa shape index (κ1) is 15.1. The fraction of sp³-hybridized carbons (Fsp3) is 0.684. The van der Waals surface area contributed by atoms with Crippen molar-refractivity contribution < 1.29 is 0 Å². The van der Waals surface area contributed by atoms with Gasteiger partial charge in [0.05, 0.1) is 0 Å². The third kappa shape index (κ3) is 3.49. The zero-order chi connectivity index (χ0) is 14.7. The van der Waals surface area contributed by atoms with Gasteiger partial charge in [-0.3, -0.25) is 4.90 Å². The van der Waals surface area contributed by atoms with Crippen LogP contribution in [0.15, 0.2) is 24.3 Å². The van der Waals surface area contributed by atoms with Crippen molar-refractivity contribution in [1.29, 1.82) is 0 Å². The minimum absolute atomic E-state index is 0.393. The molecule has 2 aliphatic carbocycles. The van der Waals surface area contributed by atoms with Gasteiger partial charge in [-0.25, -0.2) is 0 Å². The average Bonchev–Trinajstić information content (AvgIpc) is 3.35. The van der Waals surface area contributed by atoms with Crippen LogP contribution in [0.5, 0.6) is 0 Å². The fourth-order valence-electron chi connectivity index (χ4n) is 4.01. The molecule has 0 amide bonds. The maximum atomic E-state index is 6.20. The van der Waals surface area contributed by atoms with Crippen LogP contribution in [0.4, 0.5) is 0 Å². The van der Waals surface area contributed by atoms with Gasteiger partial charge in [0.1, 0.15) is 0 Å². The van der Waals surface area contributed by atoms with Crippen LogP contribution in [0, 0.1) is 0 Å². The van der Waals surface area contributed by atoms with Crippen molar-refractivity contribution in [3.05, 3.63) is 35.4 Å². The summed E-state index contributed by atoms with van der Waals surface area (Å²) in [5.41, 5.74) is 9.26. The molecule has 116 valence electrons. The lowest BCUT2D eigenvalue weighted by Crippen LogP contribution is -2.38. The molecular weight excluding hydrogens is 256 g/mol. The third-order valence-electron chi connectivity index (χ3n) is 5.49. The van der Waals surface area contributed by atoms with Crippen LogP contribution in [0.1, 0.15) is 74.5 Å². The Bertz CT molecular complexity index is 445. The molecule has 1 aromatic carbocycles. The van der Waals surface area contributed by atoms with E-state index in [4.69, 9.17) is 5.73 Å². The fourth-order valence-corrected chi connectivity index (χ4v) is 4.01. The Morgan fingerprint density at radius 2 is 1.71 bits per heavy atom. The van der Waals surface area contributed by atoms with Crippen molar-refractivity contribution in [3.8, 4) is 0 Å². The smallest absolute Gasteiger partial charge is 0.0473 e. The molecule has 0 aromatic heterocycles. The Morgan fingerprint density at radius 3 is 2.33 bits per heavy atom. The van der Waals surface area contributed by atoms with E-state index in [1.54, 1.807) is 5.56 Å². The summed E-state index contributed by atoms with van der Waals surface area (Å²) in [6.07, 6.45) is 11.0. The number of likely N-dealkylation sites (N-methyl/N-ethyl adjacent to an activating group) is 1. The van der Waals surface area contributed by atoms with E-state index in [1.807, 2.05) is 0 Å². The summed E-state index contributed by atoms with van der Waals surface area (Å²) in [5.74, 6) is 0.804. The number of hydrogen-bond acceptors (Lipinski definition) is 2. The Kier molecular flexibility index (Phi) is 4.97. The molecule has 0 heterocycles. The van der Waals surface area contributed by atoms with E-state index in [9.17, 15) is 0 Å². The van der Waals surface area contributed by atoms with Crippen LogP contribution in [-0.4, -0.2) is 24.5 Å². The van der Waals surface area contributed by atoms with Gasteiger partial charge in [-0.15, -0.1) is 0 Å². The first-order chi connectivity index (χ1) is 10.3. The van der Waals surface area contributed by atoms with Gasteiger partial charge in [0.15, 0.2) is 0 Å². The zero-order valence-electron chi connectivity index (χ0n) is 13.4. The average molecular weight is 286 g/mol.